The molecule has 0 saturated heterocycles. The predicted octanol–water partition coefficient (Wildman–Crippen LogP) is 1.95. The summed E-state index contributed by atoms with van der Waals surface area (Å²) in [4.78, 5) is 10.4. The molecule has 0 fully saturated rings. The highest BCUT2D eigenvalue weighted by molar-refractivity contribution is 7.80. The Morgan fingerprint density at radius 2 is 2.00 bits per heavy atom. The van der Waals surface area contributed by atoms with Crippen LogP contribution >= 0.6 is 24.0 Å². The smallest absolute Gasteiger partial charge is 0.475 e. The molecule has 1 rings (SSSR count). The first-order valence-electron chi connectivity index (χ1n) is 3.57. The first-order valence-corrected chi connectivity index (χ1v) is 4.90. The second kappa shape index (κ2) is 5.75. The lowest BCUT2D eigenvalue weighted by Crippen LogP contribution is -2.21. The van der Waals surface area contributed by atoms with Crippen LogP contribution in [0.15, 0.2) is 16.3 Å². The number of carboxylic acids is 1. The predicted molar refractivity (Wildman–Crippen MR) is 56.3 cm³/mol. The lowest BCUT2D eigenvalue weighted by atomic mass is 10.4. The average molecular weight is 272 g/mol. The van der Waals surface area contributed by atoms with E-state index in [9.17, 15) is 13.2 Å². The monoisotopic (exact) mass is 272 g/mol. The van der Waals surface area contributed by atoms with Gasteiger partial charge in [0.2, 0.25) is 0 Å². The van der Waals surface area contributed by atoms with E-state index < -0.39 is 12.1 Å². The number of thiophene rings is 1. The van der Waals surface area contributed by atoms with Crippen molar-refractivity contribution in [2.45, 2.75) is 11.1 Å². The zero-order valence-corrected chi connectivity index (χ0v) is 9.29. The summed E-state index contributed by atoms with van der Waals surface area (Å²) in [6.07, 6.45) is -5.08. The molecule has 0 amide bonds. The number of carboxylic acid groups (broad SMARTS) is 1. The molecule has 0 aliphatic carbocycles. The molecule has 4 nitrogen and oxygen atoms in total. The molecule has 16 heavy (non-hydrogen) atoms. The van der Waals surface area contributed by atoms with Gasteiger partial charge in [-0.3, -0.25) is 5.41 Å². The molecule has 1 aromatic rings. The van der Waals surface area contributed by atoms with Gasteiger partial charge in [0.1, 0.15) is 5.84 Å². The average Bonchev–Trinajstić information content (AvgIpc) is 2.50. The van der Waals surface area contributed by atoms with Crippen molar-refractivity contribution in [3.63, 3.8) is 0 Å². The van der Waals surface area contributed by atoms with Crippen LogP contribution in [-0.4, -0.2) is 23.1 Å². The number of carbonyl (C=O) groups is 1. The fraction of sp³-hybridized carbons (Fsp3) is 0.143. The van der Waals surface area contributed by atoms with Crippen molar-refractivity contribution in [2.75, 3.05) is 0 Å². The zero-order chi connectivity index (χ0) is 12.9. The second-order valence-electron chi connectivity index (χ2n) is 2.35. The first kappa shape index (κ1) is 14.8. The van der Waals surface area contributed by atoms with Crippen molar-refractivity contribution in [3.05, 3.63) is 16.3 Å². The molecule has 9 heteroatoms. The summed E-state index contributed by atoms with van der Waals surface area (Å²) in [5.74, 6) is -2.66. The molecule has 1 heterocycles. The maximum absolute atomic E-state index is 10.6. The molecular weight excluding hydrogens is 265 g/mol. The van der Waals surface area contributed by atoms with Crippen molar-refractivity contribution in [2.24, 2.45) is 5.73 Å². The van der Waals surface area contributed by atoms with Crippen LogP contribution in [0.1, 0.15) is 4.88 Å². The summed E-state index contributed by atoms with van der Waals surface area (Å²) < 4.78 is 31.7. The van der Waals surface area contributed by atoms with Crippen molar-refractivity contribution in [1.82, 2.24) is 0 Å². The largest absolute Gasteiger partial charge is 0.490 e. The highest BCUT2D eigenvalue weighted by Crippen LogP contribution is 2.18. The van der Waals surface area contributed by atoms with E-state index in [0.29, 0.717) is 0 Å². The molecule has 0 saturated carbocycles. The van der Waals surface area contributed by atoms with E-state index in [1.807, 2.05) is 11.4 Å². The van der Waals surface area contributed by atoms with Gasteiger partial charge in [-0.1, -0.05) is 0 Å². The highest BCUT2D eigenvalue weighted by Gasteiger charge is 2.38. The van der Waals surface area contributed by atoms with Crippen LogP contribution in [0.3, 0.4) is 0 Å². The van der Waals surface area contributed by atoms with Gasteiger partial charge in [-0.2, -0.15) is 13.2 Å². The number of halogens is 3. The Morgan fingerprint density at radius 3 is 2.12 bits per heavy atom. The van der Waals surface area contributed by atoms with E-state index in [1.165, 1.54) is 11.3 Å². The molecular formula is C7H7F3N2O2S2. The zero-order valence-electron chi connectivity index (χ0n) is 7.58. The minimum atomic E-state index is -5.08. The summed E-state index contributed by atoms with van der Waals surface area (Å²) >= 11 is 5.51. The van der Waals surface area contributed by atoms with Gasteiger partial charge in [-0.25, -0.2) is 4.79 Å². The maximum Gasteiger partial charge on any atom is 0.490 e. The molecule has 4 N–H and O–H groups in total. The number of amidine groups is 1. The molecule has 0 aliphatic heterocycles. The Bertz CT molecular complexity index is 389. The fourth-order valence-corrected chi connectivity index (χ4v) is 1.61. The van der Waals surface area contributed by atoms with Crippen molar-refractivity contribution >= 4 is 35.8 Å². The SMILES string of the molecule is N=C(N)c1sccc1S.O=C(O)C(F)(F)F. The van der Waals surface area contributed by atoms with Crippen LogP contribution in [0.4, 0.5) is 13.2 Å². The number of aliphatic carboxylic acids is 1. The molecule has 0 radical (unpaired) electrons. The Balaban J connectivity index is 0.000000293. The van der Waals surface area contributed by atoms with Gasteiger partial charge in [0.15, 0.2) is 0 Å². The molecule has 0 aliphatic rings. The van der Waals surface area contributed by atoms with Crippen LogP contribution in [0, 0.1) is 5.41 Å². The summed E-state index contributed by atoms with van der Waals surface area (Å²) in [5.41, 5.74) is 5.20. The number of thiol groups is 1. The van der Waals surface area contributed by atoms with Crippen LogP contribution in [-0.2, 0) is 4.79 Å². The Hall–Kier alpha value is -1.22. The number of hydrogen-bond acceptors (Lipinski definition) is 4. The minimum Gasteiger partial charge on any atom is -0.475 e. The number of nitrogens with two attached hydrogens (primary N) is 1. The maximum atomic E-state index is 10.6. The van der Waals surface area contributed by atoms with Crippen LogP contribution in [0.2, 0.25) is 0 Å². The summed E-state index contributed by atoms with van der Waals surface area (Å²) in [7, 11) is 0. The molecule has 1 aromatic heterocycles. The van der Waals surface area contributed by atoms with E-state index in [1.54, 1.807) is 0 Å². The Labute approximate surface area is 97.8 Å². The van der Waals surface area contributed by atoms with Crippen molar-refractivity contribution in [3.8, 4) is 0 Å². The lowest BCUT2D eigenvalue weighted by molar-refractivity contribution is -0.192. The van der Waals surface area contributed by atoms with Crippen molar-refractivity contribution < 1.29 is 23.1 Å². The summed E-state index contributed by atoms with van der Waals surface area (Å²) in [6, 6.07) is 1.82. The van der Waals surface area contributed by atoms with Crippen LogP contribution in [0.5, 0.6) is 0 Å². The summed E-state index contributed by atoms with van der Waals surface area (Å²) in [6.45, 7) is 0. The molecule has 0 unspecified atom stereocenters. The van der Waals surface area contributed by atoms with Gasteiger partial charge in [0, 0.05) is 4.90 Å². The summed E-state index contributed by atoms with van der Waals surface area (Å²) in [5, 5.41) is 16.0. The van der Waals surface area contributed by atoms with Crippen molar-refractivity contribution in [1.29, 1.82) is 5.41 Å². The number of nitrogen functional groups attached to an aromatic ring is 1. The van der Waals surface area contributed by atoms with Gasteiger partial charge in [-0.15, -0.1) is 24.0 Å². The quantitative estimate of drug-likeness (QED) is 0.358. The highest BCUT2D eigenvalue weighted by atomic mass is 32.1. The third-order valence-electron chi connectivity index (χ3n) is 1.13. The van der Waals surface area contributed by atoms with Gasteiger partial charge < -0.3 is 10.8 Å². The standard InChI is InChI=1S/C5H6N2S2.C2HF3O2/c6-5(7)4-3(8)1-2-9-4;3-2(4,5)1(6)7/h1-2,8H,(H3,6,7);(H,6,7). The molecule has 90 valence electrons. The van der Waals surface area contributed by atoms with E-state index in [-0.39, 0.29) is 5.84 Å². The fourth-order valence-electron chi connectivity index (χ4n) is 0.504. The first-order chi connectivity index (χ1) is 7.16. The van der Waals surface area contributed by atoms with E-state index in [2.05, 4.69) is 12.6 Å². The van der Waals surface area contributed by atoms with Crippen LogP contribution in [0.25, 0.3) is 0 Å². The number of nitrogens with one attached hydrogen (secondary N) is 1. The van der Waals surface area contributed by atoms with Crippen LogP contribution < -0.4 is 5.73 Å². The van der Waals surface area contributed by atoms with Gasteiger partial charge in [-0.05, 0) is 11.4 Å². The molecule has 0 bridgehead atoms. The van der Waals surface area contributed by atoms with Gasteiger partial charge in [0.25, 0.3) is 0 Å². The normalized spacial score (nSPS) is 10.2. The molecule has 0 atom stereocenters. The number of rotatable bonds is 1. The van der Waals surface area contributed by atoms with E-state index in [4.69, 9.17) is 21.0 Å². The van der Waals surface area contributed by atoms with Gasteiger partial charge >= 0.3 is 12.1 Å². The number of alkyl halides is 3. The Kier molecular flexibility index (Phi) is 5.31. The van der Waals surface area contributed by atoms with E-state index in [0.717, 1.165) is 9.77 Å². The third-order valence-corrected chi connectivity index (χ3v) is 2.60. The molecule has 0 spiro atoms. The lowest BCUT2D eigenvalue weighted by Gasteiger charge is -1.93. The number of hydrogen-bond donors (Lipinski definition) is 4. The Morgan fingerprint density at radius 1 is 1.56 bits per heavy atom. The minimum absolute atomic E-state index is 0.0926. The topological polar surface area (TPSA) is 87.2 Å². The second-order valence-corrected chi connectivity index (χ2v) is 3.75. The third kappa shape index (κ3) is 5.03. The molecule has 0 aromatic carbocycles. The van der Waals surface area contributed by atoms with E-state index >= 15 is 0 Å². The van der Waals surface area contributed by atoms with Gasteiger partial charge in [0.05, 0.1) is 4.88 Å².